The number of pyridine rings is 1. The molecule has 1 amide bonds. The molecule has 0 aliphatic carbocycles. The molecule has 3 rings (SSSR count). The molecule has 0 unspecified atom stereocenters. The Morgan fingerprint density at radius 2 is 2.12 bits per heavy atom. The number of carbonyl (C=O) groups excluding carboxylic acids is 1. The van der Waals surface area contributed by atoms with E-state index in [1.54, 1.807) is 17.1 Å². The van der Waals surface area contributed by atoms with Crippen LogP contribution in [0.1, 0.15) is 17.5 Å². The maximum atomic E-state index is 12.1. The molecular formula is C19H19BrN4O. The summed E-state index contributed by atoms with van der Waals surface area (Å²) >= 11 is 3.51. The molecule has 128 valence electrons. The van der Waals surface area contributed by atoms with Crippen LogP contribution in [0, 0.1) is 0 Å². The predicted octanol–water partition coefficient (Wildman–Crippen LogP) is 3.49. The van der Waals surface area contributed by atoms with Crippen LogP contribution < -0.4 is 5.32 Å². The molecular weight excluding hydrogens is 380 g/mol. The molecule has 2 aromatic heterocycles. The highest BCUT2D eigenvalue weighted by Crippen LogP contribution is 2.18. The van der Waals surface area contributed by atoms with Crippen LogP contribution in [-0.4, -0.2) is 20.7 Å². The fraction of sp³-hybridized carbons (Fsp3) is 0.211. The van der Waals surface area contributed by atoms with Gasteiger partial charge in [0.15, 0.2) is 0 Å². The lowest BCUT2D eigenvalue weighted by Crippen LogP contribution is -2.23. The number of hydrogen-bond acceptors (Lipinski definition) is 3. The van der Waals surface area contributed by atoms with Crippen molar-refractivity contribution >= 4 is 21.8 Å². The minimum Gasteiger partial charge on any atom is -0.352 e. The Bertz CT molecular complexity index is 875. The van der Waals surface area contributed by atoms with E-state index in [9.17, 15) is 4.79 Å². The van der Waals surface area contributed by atoms with Gasteiger partial charge in [0, 0.05) is 42.4 Å². The van der Waals surface area contributed by atoms with Crippen LogP contribution in [-0.2, 0) is 24.8 Å². The first kappa shape index (κ1) is 17.4. The number of carbonyl (C=O) groups is 1. The second-order valence-electron chi connectivity index (χ2n) is 5.82. The molecule has 1 N–H and O–H groups in total. The molecule has 5 nitrogen and oxygen atoms in total. The molecule has 3 aromatic rings. The van der Waals surface area contributed by atoms with E-state index >= 15 is 0 Å². The lowest BCUT2D eigenvalue weighted by molar-refractivity contribution is -0.121. The quantitative estimate of drug-likeness (QED) is 0.690. The van der Waals surface area contributed by atoms with Crippen molar-refractivity contribution in [1.29, 1.82) is 0 Å². The SMILES string of the molecule is Cn1cc(-c2cc(CNC(=O)CCc3ccccc3Br)ccn2)cn1. The zero-order chi connectivity index (χ0) is 17.6. The van der Waals surface area contributed by atoms with Gasteiger partial charge in [0.1, 0.15) is 0 Å². The molecule has 0 atom stereocenters. The van der Waals surface area contributed by atoms with Crippen molar-refractivity contribution in [2.24, 2.45) is 7.05 Å². The first-order chi connectivity index (χ1) is 12.1. The standard InChI is InChI=1S/C19H19BrN4O/c1-24-13-16(12-23-24)18-10-14(8-9-21-18)11-22-19(25)7-6-15-4-2-3-5-17(15)20/h2-5,8-10,12-13H,6-7,11H2,1H3,(H,22,25). The van der Waals surface area contributed by atoms with E-state index < -0.39 is 0 Å². The Labute approximate surface area is 155 Å². The van der Waals surface area contributed by atoms with Gasteiger partial charge in [-0.25, -0.2) is 0 Å². The summed E-state index contributed by atoms with van der Waals surface area (Å²) in [7, 11) is 1.87. The van der Waals surface area contributed by atoms with Gasteiger partial charge in [0.2, 0.25) is 5.91 Å². The number of aryl methyl sites for hydroxylation is 2. The number of halogens is 1. The van der Waals surface area contributed by atoms with Gasteiger partial charge in [0.05, 0.1) is 11.9 Å². The summed E-state index contributed by atoms with van der Waals surface area (Å²) in [6.45, 7) is 0.491. The highest BCUT2D eigenvalue weighted by Gasteiger charge is 2.06. The van der Waals surface area contributed by atoms with E-state index in [1.165, 1.54) is 0 Å². The zero-order valence-electron chi connectivity index (χ0n) is 13.9. The number of rotatable bonds is 6. The molecule has 2 heterocycles. The van der Waals surface area contributed by atoms with Crippen LogP contribution in [0.4, 0.5) is 0 Å². The molecule has 0 saturated carbocycles. The summed E-state index contributed by atoms with van der Waals surface area (Å²) in [5.74, 6) is 0.0375. The Morgan fingerprint density at radius 1 is 1.28 bits per heavy atom. The highest BCUT2D eigenvalue weighted by molar-refractivity contribution is 9.10. The van der Waals surface area contributed by atoms with Crippen LogP contribution in [0.2, 0.25) is 0 Å². The third-order valence-corrected chi connectivity index (χ3v) is 4.67. The van der Waals surface area contributed by atoms with Crippen LogP contribution in [0.5, 0.6) is 0 Å². The van der Waals surface area contributed by atoms with Crippen molar-refractivity contribution in [2.45, 2.75) is 19.4 Å². The third kappa shape index (κ3) is 4.76. The van der Waals surface area contributed by atoms with Crippen LogP contribution in [0.15, 0.2) is 59.5 Å². The Kier molecular flexibility index (Phi) is 5.60. The topological polar surface area (TPSA) is 59.8 Å². The number of nitrogens with zero attached hydrogens (tertiary/aromatic N) is 3. The summed E-state index contributed by atoms with van der Waals surface area (Å²) < 4.78 is 2.78. The average molecular weight is 399 g/mol. The van der Waals surface area contributed by atoms with Gasteiger partial charge in [0.25, 0.3) is 0 Å². The highest BCUT2D eigenvalue weighted by atomic mass is 79.9. The zero-order valence-corrected chi connectivity index (χ0v) is 15.5. The lowest BCUT2D eigenvalue weighted by Gasteiger charge is -2.07. The summed E-state index contributed by atoms with van der Waals surface area (Å²) in [5.41, 5.74) is 3.97. The summed E-state index contributed by atoms with van der Waals surface area (Å²) in [6, 6.07) is 11.9. The monoisotopic (exact) mass is 398 g/mol. The maximum absolute atomic E-state index is 12.1. The van der Waals surface area contributed by atoms with Crippen molar-refractivity contribution in [3.63, 3.8) is 0 Å². The van der Waals surface area contributed by atoms with E-state index in [0.717, 1.165) is 26.9 Å². The maximum Gasteiger partial charge on any atom is 0.220 e. The van der Waals surface area contributed by atoms with E-state index in [0.29, 0.717) is 19.4 Å². The van der Waals surface area contributed by atoms with Crippen molar-refractivity contribution in [2.75, 3.05) is 0 Å². The first-order valence-corrected chi connectivity index (χ1v) is 8.85. The average Bonchev–Trinajstić information content (AvgIpc) is 3.06. The first-order valence-electron chi connectivity index (χ1n) is 8.06. The Morgan fingerprint density at radius 3 is 2.88 bits per heavy atom. The van der Waals surface area contributed by atoms with Crippen molar-refractivity contribution in [1.82, 2.24) is 20.1 Å². The molecule has 0 aliphatic heterocycles. The Hall–Kier alpha value is -2.47. The van der Waals surface area contributed by atoms with Gasteiger partial charge >= 0.3 is 0 Å². The molecule has 0 bridgehead atoms. The summed E-state index contributed by atoms with van der Waals surface area (Å²) in [4.78, 5) is 16.5. The van der Waals surface area contributed by atoms with Gasteiger partial charge in [-0.2, -0.15) is 5.10 Å². The predicted molar refractivity (Wildman–Crippen MR) is 101 cm³/mol. The number of benzene rings is 1. The van der Waals surface area contributed by atoms with Crippen molar-refractivity contribution < 1.29 is 4.79 Å². The number of amides is 1. The van der Waals surface area contributed by atoms with Crippen LogP contribution in [0.3, 0.4) is 0 Å². The van der Waals surface area contributed by atoms with E-state index in [2.05, 4.69) is 31.3 Å². The summed E-state index contributed by atoms with van der Waals surface area (Å²) in [5, 5.41) is 7.13. The molecule has 0 aliphatic rings. The van der Waals surface area contributed by atoms with E-state index in [-0.39, 0.29) is 5.91 Å². The minimum atomic E-state index is 0.0375. The normalized spacial score (nSPS) is 10.6. The van der Waals surface area contributed by atoms with Crippen molar-refractivity contribution in [3.05, 3.63) is 70.6 Å². The molecule has 0 saturated heterocycles. The minimum absolute atomic E-state index is 0.0375. The second kappa shape index (κ2) is 8.07. The second-order valence-corrected chi connectivity index (χ2v) is 6.67. The van der Waals surface area contributed by atoms with E-state index in [4.69, 9.17) is 0 Å². The van der Waals surface area contributed by atoms with Crippen LogP contribution in [0.25, 0.3) is 11.3 Å². The third-order valence-electron chi connectivity index (χ3n) is 3.89. The number of nitrogens with one attached hydrogen (secondary N) is 1. The molecule has 0 spiro atoms. The van der Waals surface area contributed by atoms with Gasteiger partial charge in [-0.15, -0.1) is 0 Å². The fourth-order valence-electron chi connectivity index (χ4n) is 2.53. The molecule has 6 heteroatoms. The molecule has 0 radical (unpaired) electrons. The molecule has 25 heavy (non-hydrogen) atoms. The van der Waals surface area contributed by atoms with Gasteiger partial charge in [-0.05, 0) is 35.7 Å². The largest absolute Gasteiger partial charge is 0.352 e. The lowest BCUT2D eigenvalue weighted by atomic mass is 10.1. The molecule has 0 fully saturated rings. The van der Waals surface area contributed by atoms with Gasteiger partial charge in [-0.3, -0.25) is 14.5 Å². The fourth-order valence-corrected chi connectivity index (χ4v) is 3.02. The molecule has 1 aromatic carbocycles. The van der Waals surface area contributed by atoms with Gasteiger partial charge in [-0.1, -0.05) is 34.1 Å². The van der Waals surface area contributed by atoms with Crippen molar-refractivity contribution in [3.8, 4) is 11.3 Å². The van der Waals surface area contributed by atoms with E-state index in [1.807, 2.05) is 49.6 Å². The van der Waals surface area contributed by atoms with Gasteiger partial charge < -0.3 is 5.32 Å². The van der Waals surface area contributed by atoms with Crippen LogP contribution >= 0.6 is 15.9 Å². The number of aromatic nitrogens is 3. The summed E-state index contributed by atoms with van der Waals surface area (Å²) in [6.07, 6.45) is 6.63. The smallest absolute Gasteiger partial charge is 0.220 e. The Balaban J connectivity index is 1.55. The number of hydrogen-bond donors (Lipinski definition) is 1.